The Kier molecular flexibility index (Phi) is 4.80. The van der Waals surface area contributed by atoms with E-state index in [1.54, 1.807) is 12.1 Å². The molecule has 0 radical (unpaired) electrons. The summed E-state index contributed by atoms with van der Waals surface area (Å²) in [5.74, 6) is 0.471. The molecule has 2 aromatic rings. The van der Waals surface area contributed by atoms with Crippen LogP contribution in [0.3, 0.4) is 0 Å². The predicted octanol–water partition coefficient (Wildman–Crippen LogP) is 3.97. The van der Waals surface area contributed by atoms with Crippen LogP contribution < -0.4 is 5.32 Å². The summed E-state index contributed by atoms with van der Waals surface area (Å²) < 4.78 is 5.78. The largest absolute Gasteiger partial charge is 0.444 e. The van der Waals surface area contributed by atoms with Crippen molar-refractivity contribution in [2.24, 2.45) is 0 Å². The Hall–Kier alpha value is -1.55. The first-order valence-corrected chi connectivity index (χ1v) is 7.08. The highest BCUT2D eigenvalue weighted by Crippen LogP contribution is 2.18. The average Bonchev–Trinajstić information content (AvgIpc) is 2.87. The van der Waals surface area contributed by atoms with Crippen molar-refractivity contribution in [1.29, 1.82) is 0 Å². The first kappa shape index (κ1) is 13.9. The fourth-order valence-electron chi connectivity index (χ4n) is 1.96. The molecule has 19 heavy (non-hydrogen) atoms. The minimum atomic E-state index is -0.180. The summed E-state index contributed by atoms with van der Waals surface area (Å²) in [7, 11) is 0. The second-order valence-electron chi connectivity index (χ2n) is 4.33. The lowest BCUT2D eigenvalue weighted by Crippen LogP contribution is -2.27. The van der Waals surface area contributed by atoms with Gasteiger partial charge in [-0.25, -0.2) is 0 Å². The van der Waals surface area contributed by atoms with E-state index in [1.165, 1.54) is 5.56 Å². The molecule has 0 bridgehead atoms. The minimum absolute atomic E-state index is 0.180. The number of furan rings is 1. The van der Waals surface area contributed by atoms with Crippen molar-refractivity contribution in [3.63, 3.8) is 0 Å². The number of halogens is 1. The number of nitrogens with one attached hydrogen (secondary N) is 1. The van der Waals surface area contributed by atoms with E-state index < -0.39 is 0 Å². The van der Waals surface area contributed by atoms with Gasteiger partial charge in [-0.15, -0.1) is 0 Å². The van der Waals surface area contributed by atoms with E-state index in [4.69, 9.17) is 4.42 Å². The maximum atomic E-state index is 11.9. The first-order valence-electron chi connectivity index (χ1n) is 6.29. The number of amides is 1. The van der Waals surface area contributed by atoms with Crippen LogP contribution in [0.5, 0.6) is 0 Å². The first-order chi connectivity index (χ1) is 9.20. The van der Waals surface area contributed by atoms with Crippen molar-refractivity contribution < 1.29 is 9.21 Å². The smallest absolute Gasteiger partial charge is 0.287 e. The number of carbonyl (C=O) groups excluding carboxylic acids is 1. The van der Waals surface area contributed by atoms with Crippen LogP contribution in [-0.2, 0) is 0 Å². The topological polar surface area (TPSA) is 42.2 Å². The van der Waals surface area contributed by atoms with Gasteiger partial charge in [0.1, 0.15) is 0 Å². The van der Waals surface area contributed by atoms with Crippen LogP contribution in [0.1, 0.15) is 35.4 Å². The van der Waals surface area contributed by atoms with E-state index in [9.17, 15) is 4.79 Å². The molecule has 1 heterocycles. The van der Waals surface area contributed by atoms with Crippen LogP contribution in [0.4, 0.5) is 0 Å². The van der Waals surface area contributed by atoms with Gasteiger partial charge < -0.3 is 9.73 Å². The normalized spacial score (nSPS) is 12.1. The van der Waals surface area contributed by atoms with Gasteiger partial charge in [0, 0.05) is 12.5 Å². The highest BCUT2D eigenvalue weighted by Gasteiger charge is 2.14. The van der Waals surface area contributed by atoms with E-state index in [2.05, 4.69) is 40.3 Å². The summed E-state index contributed by atoms with van der Waals surface area (Å²) in [4.78, 5) is 11.9. The van der Waals surface area contributed by atoms with Gasteiger partial charge in [0.05, 0.1) is 0 Å². The van der Waals surface area contributed by atoms with Crippen LogP contribution >= 0.6 is 15.9 Å². The van der Waals surface area contributed by atoms with Crippen LogP contribution in [0.2, 0.25) is 0 Å². The number of hydrogen-bond acceptors (Lipinski definition) is 2. The lowest BCUT2D eigenvalue weighted by Gasteiger charge is -2.15. The second kappa shape index (κ2) is 6.57. The Morgan fingerprint density at radius 1 is 1.26 bits per heavy atom. The molecule has 1 N–H and O–H groups in total. The number of rotatable bonds is 5. The lowest BCUT2D eigenvalue weighted by molar-refractivity contribution is 0.0922. The molecule has 2 rings (SSSR count). The van der Waals surface area contributed by atoms with Gasteiger partial charge in [-0.2, -0.15) is 0 Å². The quantitative estimate of drug-likeness (QED) is 0.905. The number of hydrogen-bond donors (Lipinski definition) is 1. The number of carbonyl (C=O) groups is 1. The molecule has 0 unspecified atom stereocenters. The molecule has 1 aromatic heterocycles. The van der Waals surface area contributed by atoms with E-state index in [0.29, 0.717) is 22.9 Å². The third-order valence-corrected chi connectivity index (χ3v) is 3.50. The predicted molar refractivity (Wildman–Crippen MR) is 78.2 cm³/mol. The molecule has 1 aromatic carbocycles. The Balaban J connectivity index is 1.95. The highest BCUT2D eigenvalue weighted by atomic mass is 79.9. The SMILES string of the molecule is CC[C@H](CNC(=O)c1ccc(Br)o1)c1ccccc1. The minimum Gasteiger partial charge on any atom is -0.444 e. The zero-order valence-electron chi connectivity index (χ0n) is 10.7. The zero-order valence-corrected chi connectivity index (χ0v) is 12.3. The summed E-state index contributed by atoms with van der Waals surface area (Å²) in [5, 5.41) is 2.91. The molecule has 0 aliphatic rings. The van der Waals surface area contributed by atoms with Gasteiger partial charge in [0.25, 0.3) is 5.91 Å². The van der Waals surface area contributed by atoms with Gasteiger partial charge in [-0.05, 0) is 40.0 Å². The summed E-state index contributed by atoms with van der Waals surface area (Å²) in [6.45, 7) is 2.73. The molecule has 0 fully saturated rings. The highest BCUT2D eigenvalue weighted by molar-refractivity contribution is 9.10. The summed E-state index contributed by atoms with van der Waals surface area (Å²) in [5.41, 5.74) is 1.24. The van der Waals surface area contributed by atoms with Gasteiger partial charge in [0.15, 0.2) is 10.4 Å². The van der Waals surface area contributed by atoms with Crippen molar-refractivity contribution >= 4 is 21.8 Å². The van der Waals surface area contributed by atoms with Gasteiger partial charge in [-0.3, -0.25) is 4.79 Å². The molecular formula is C15H16BrNO2. The van der Waals surface area contributed by atoms with Crippen molar-refractivity contribution in [2.75, 3.05) is 6.54 Å². The third kappa shape index (κ3) is 3.70. The molecule has 0 saturated carbocycles. The Morgan fingerprint density at radius 3 is 2.58 bits per heavy atom. The van der Waals surface area contributed by atoms with Crippen LogP contribution in [0, 0.1) is 0 Å². The fourth-order valence-corrected chi connectivity index (χ4v) is 2.27. The van der Waals surface area contributed by atoms with E-state index in [0.717, 1.165) is 6.42 Å². The average molecular weight is 322 g/mol. The van der Waals surface area contributed by atoms with Gasteiger partial charge in [-0.1, -0.05) is 37.3 Å². The third-order valence-electron chi connectivity index (χ3n) is 3.07. The Morgan fingerprint density at radius 2 is 2.00 bits per heavy atom. The molecule has 0 saturated heterocycles. The van der Waals surface area contributed by atoms with Crippen molar-refractivity contribution in [2.45, 2.75) is 19.3 Å². The van der Waals surface area contributed by atoms with Crippen molar-refractivity contribution in [3.8, 4) is 0 Å². The van der Waals surface area contributed by atoms with Gasteiger partial charge >= 0.3 is 0 Å². The monoisotopic (exact) mass is 321 g/mol. The van der Waals surface area contributed by atoms with Crippen LogP contribution in [0.25, 0.3) is 0 Å². The van der Waals surface area contributed by atoms with E-state index >= 15 is 0 Å². The molecule has 4 heteroatoms. The summed E-state index contributed by atoms with van der Waals surface area (Å²) >= 11 is 3.18. The lowest BCUT2D eigenvalue weighted by atomic mass is 9.96. The molecular weight excluding hydrogens is 306 g/mol. The maximum Gasteiger partial charge on any atom is 0.287 e. The van der Waals surface area contributed by atoms with Gasteiger partial charge in [0.2, 0.25) is 0 Å². The molecule has 0 aliphatic heterocycles. The van der Waals surface area contributed by atoms with Crippen molar-refractivity contribution in [3.05, 3.63) is 58.5 Å². The summed E-state index contributed by atoms with van der Waals surface area (Å²) in [6, 6.07) is 13.6. The van der Waals surface area contributed by atoms with E-state index in [-0.39, 0.29) is 5.91 Å². The molecule has 1 atom stereocenters. The Labute approximate surface area is 121 Å². The standard InChI is InChI=1S/C15H16BrNO2/c1-2-11(12-6-4-3-5-7-12)10-17-15(18)13-8-9-14(16)19-13/h3-9,11H,2,10H2,1H3,(H,17,18)/t11-/m1/s1. The second-order valence-corrected chi connectivity index (χ2v) is 5.11. The molecule has 0 spiro atoms. The molecule has 1 amide bonds. The summed E-state index contributed by atoms with van der Waals surface area (Å²) in [6.07, 6.45) is 0.978. The molecule has 3 nitrogen and oxygen atoms in total. The van der Waals surface area contributed by atoms with Crippen molar-refractivity contribution in [1.82, 2.24) is 5.32 Å². The fraction of sp³-hybridized carbons (Fsp3) is 0.267. The van der Waals surface area contributed by atoms with Crippen LogP contribution in [0.15, 0.2) is 51.6 Å². The maximum absolute atomic E-state index is 11.9. The molecule has 100 valence electrons. The molecule has 0 aliphatic carbocycles. The van der Waals surface area contributed by atoms with Crippen LogP contribution in [-0.4, -0.2) is 12.5 Å². The Bertz CT molecular complexity index is 536. The number of benzene rings is 1. The zero-order chi connectivity index (χ0) is 13.7. The van der Waals surface area contributed by atoms with E-state index in [1.807, 2.05) is 18.2 Å².